The molecule has 128 valence electrons. The first kappa shape index (κ1) is 16.7. The zero-order chi connectivity index (χ0) is 17.8. The third kappa shape index (κ3) is 3.83. The van der Waals surface area contributed by atoms with Crippen LogP contribution in [0.1, 0.15) is 20.7 Å². The van der Waals surface area contributed by atoms with Crippen LogP contribution < -0.4 is 15.4 Å². The Morgan fingerprint density at radius 1 is 1.16 bits per heavy atom. The van der Waals surface area contributed by atoms with Gasteiger partial charge in [0.2, 0.25) is 5.88 Å². The zero-order valence-electron chi connectivity index (χ0n) is 13.5. The van der Waals surface area contributed by atoms with Gasteiger partial charge in [-0.2, -0.15) is 0 Å². The van der Waals surface area contributed by atoms with Gasteiger partial charge >= 0.3 is 0 Å². The molecule has 0 aliphatic carbocycles. The van der Waals surface area contributed by atoms with E-state index in [0.717, 1.165) is 0 Å². The Bertz CT molecular complexity index is 887. The monoisotopic (exact) mass is 357 g/mol. The van der Waals surface area contributed by atoms with E-state index in [2.05, 4.69) is 20.7 Å². The molecule has 2 heterocycles. The summed E-state index contributed by atoms with van der Waals surface area (Å²) in [5, 5.41) is 11.8. The van der Waals surface area contributed by atoms with Crippen molar-refractivity contribution in [2.24, 2.45) is 7.05 Å². The predicted molar refractivity (Wildman–Crippen MR) is 94.2 cm³/mol. The number of carbonyl (C=O) groups is 2. The average molecular weight is 357 g/mol. The molecule has 2 aromatic heterocycles. The van der Waals surface area contributed by atoms with Crippen LogP contribution in [0.2, 0.25) is 0 Å². The highest BCUT2D eigenvalue weighted by Crippen LogP contribution is 2.18. The van der Waals surface area contributed by atoms with Crippen molar-refractivity contribution in [3.05, 3.63) is 53.2 Å². The Balaban J connectivity index is 1.68. The first-order valence-corrected chi connectivity index (χ1v) is 8.14. The van der Waals surface area contributed by atoms with Gasteiger partial charge in [0.15, 0.2) is 5.13 Å². The van der Waals surface area contributed by atoms with E-state index in [4.69, 9.17) is 4.74 Å². The third-order valence-corrected chi connectivity index (χ3v) is 3.98. The van der Waals surface area contributed by atoms with Gasteiger partial charge in [-0.1, -0.05) is 0 Å². The van der Waals surface area contributed by atoms with E-state index in [0.29, 0.717) is 21.9 Å². The van der Waals surface area contributed by atoms with Gasteiger partial charge in [0.25, 0.3) is 11.8 Å². The number of benzene rings is 1. The van der Waals surface area contributed by atoms with Crippen LogP contribution in [-0.4, -0.2) is 33.7 Å². The maximum absolute atomic E-state index is 12.3. The quantitative estimate of drug-likeness (QED) is 0.731. The molecule has 0 radical (unpaired) electrons. The molecule has 0 bridgehead atoms. The molecule has 2 N–H and O–H groups in total. The van der Waals surface area contributed by atoms with Crippen LogP contribution in [0.4, 0.5) is 10.8 Å². The normalized spacial score (nSPS) is 10.3. The maximum atomic E-state index is 12.3. The van der Waals surface area contributed by atoms with Crippen LogP contribution in [0.3, 0.4) is 0 Å². The molecule has 3 aromatic rings. The minimum atomic E-state index is -0.343. The molecule has 0 saturated carbocycles. The summed E-state index contributed by atoms with van der Waals surface area (Å²) >= 11 is 1.34. The van der Waals surface area contributed by atoms with Crippen molar-refractivity contribution in [3.8, 4) is 5.88 Å². The number of aryl methyl sites for hydroxylation is 1. The number of rotatable bonds is 5. The summed E-state index contributed by atoms with van der Waals surface area (Å²) in [6.07, 6.45) is 3.19. The Morgan fingerprint density at radius 2 is 1.92 bits per heavy atom. The van der Waals surface area contributed by atoms with Crippen LogP contribution in [0.25, 0.3) is 0 Å². The summed E-state index contributed by atoms with van der Waals surface area (Å²) in [7, 11) is 3.16. The molecule has 0 fully saturated rings. The SMILES string of the molecule is COc1nn(C)cc1C(=O)Nc1ccc(C(=O)Nc2nccs2)cc1. The number of methoxy groups -OCH3 is 1. The predicted octanol–water partition coefficient (Wildman–Crippen LogP) is 2.39. The number of thiazole rings is 1. The molecule has 8 nitrogen and oxygen atoms in total. The van der Waals surface area contributed by atoms with Crippen molar-refractivity contribution in [3.63, 3.8) is 0 Å². The van der Waals surface area contributed by atoms with E-state index in [-0.39, 0.29) is 17.7 Å². The highest BCUT2D eigenvalue weighted by Gasteiger charge is 2.16. The van der Waals surface area contributed by atoms with Crippen molar-refractivity contribution in [2.45, 2.75) is 0 Å². The van der Waals surface area contributed by atoms with Crippen LogP contribution in [-0.2, 0) is 7.05 Å². The van der Waals surface area contributed by atoms with Crippen molar-refractivity contribution in [1.82, 2.24) is 14.8 Å². The van der Waals surface area contributed by atoms with E-state index in [1.54, 1.807) is 49.1 Å². The van der Waals surface area contributed by atoms with Crippen molar-refractivity contribution >= 4 is 34.0 Å². The molecule has 3 rings (SSSR count). The van der Waals surface area contributed by atoms with Gasteiger partial charge in [-0.05, 0) is 24.3 Å². The summed E-state index contributed by atoms with van der Waals surface area (Å²) in [6, 6.07) is 6.55. The Morgan fingerprint density at radius 3 is 2.56 bits per heavy atom. The van der Waals surface area contributed by atoms with Crippen molar-refractivity contribution in [1.29, 1.82) is 0 Å². The van der Waals surface area contributed by atoms with Crippen LogP contribution in [0, 0.1) is 0 Å². The molecule has 25 heavy (non-hydrogen) atoms. The molecular weight excluding hydrogens is 342 g/mol. The molecule has 2 amide bonds. The number of amides is 2. The summed E-state index contributed by atoms with van der Waals surface area (Å²) in [6.45, 7) is 0. The minimum Gasteiger partial charge on any atom is -0.479 e. The fourth-order valence-electron chi connectivity index (χ4n) is 2.13. The zero-order valence-corrected chi connectivity index (χ0v) is 14.3. The number of hydrogen-bond donors (Lipinski definition) is 2. The molecule has 0 aliphatic heterocycles. The van der Waals surface area contributed by atoms with Crippen molar-refractivity contribution in [2.75, 3.05) is 17.7 Å². The smallest absolute Gasteiger partial charge is 0.262 e. The largest absolute Gasteiger partial charge is 0.479 e. The number of carbonyl (C=O) groups excluding carboxylic acids is 2. The second-order valence-corrected chi connectivity index (χ2v) is 5.94. The lowest BCUT2D eigenvalue weighted by atomic mass is 10.2. The number of nitrogens with one attached hydrogen (secondary N) is 2. The van der Waals surface area contributed by atoms with Gasteiger partial charge in [0, 0.05) is 36.1 Å². The fraction of sp³-hybridized carbons (Fsp3) is 0.125. The standard InChI is InChI=1S/C16H15N5O3S/c1-21-9-12(15(20-21)24-2)14(23)18-11-5-3-10(4-6-11)13(22)19-16-17-7-8-25-16/h3-9H,1-2H3,(H,18,23)(H,17,19,22). The van der Waals surface area contributed by atoms with Gasteiger partial charge in [0.05, 0.1) is 7.11 Å². The van der Waals surface area contributed by atoms with Crippen LogP contribution in [0.5, 0.6) is 5.88 Å². The highest BCUT2D eigenvalue weighted by molar-refractivity contribution is 7.13. The van der Waals surface area contributed by atoms with Gasteiger partial charge in [-0.3, -0.25) is 19.6 Å². The maximum Gasteiger partial charge on any atom is 0.262 e. The molecule has 0 spiro atoms. The molecule has 0 saturated heterocycles. The van der Waals surface area contributed by atoms with E-state index in [1.807, 2.05) is 0 Å². The highest BCUT2D eigenvalue weighted by atomic mass is 32.1. The van der Waals surface area contributed by atoms with E-state index in [1.165, 1.54) is 23.1 Å². The van der Waals surface area contributed by atoms with Gasteiger partial charge < -0.3 is 10.1 Å². The first-order valence-electron chi connectivity index (χ1n) is 7.26. The summed E-state index contributed by atoms with van der Waals surface area (Å²) in [4.78, 5) is 28.4. The van der Waals surface area contributed by atoms with E-state index >= 15 is 0 Å². The number of ether oxygens (including phenoxy) is 1. The molecule has 0 aliphatic rings. The topological polar surface area (TPSA) is 98.1 Å². The lowest BCUT2D eigenvalue weighted by Gasteiger charge is -2.06. The second kappa shape index (κ2) is 7.14. The summed E-state index contributed by atoms with van der Waals surface area (Å²) in [5.74, 6) is -0.355. The minimum absolute atomic E-state index is 0.249. The Labute approximate surface area is 147 Å². The molecule has 0 atom stereocenters. The lowest BCUT2D eigenvalue weighted by Crippen LogP contribution is -2.14. The number of hydrogen-bond acceptors (Lipinski definition) is 6. The molecule has 9 heteroatoms. The van der Waals surface area contributed by atoms with E-state index < -0.39 is 0 Å². The van der Waals surface area contributed by atoms with Gasteiger partial charge in [0.1, 0.15) is 5.56 Å². The van der Waals surface area contributed by atoms with Gasteiger partial charge in [-0.25, -0.2) is 4.98 Å². The number of anilines is 2. The molecule has 0 unspecified atom stereocenters. The average Bonchev–Trinajstić information content (AvgIpc) is 3.24. The third-order valence-electron chi connectivity index (χ3n) is 3.29. The Hall–Kier alpha value is -3.20. The van der Waals surface area contributed by atoms with Crippen molar-refractivity contribution < 1.29 is 14.3 Å². The fourth-order valence-corrected chi connectivity index (χ4v) is 2.66. The first-order chi connectivity index (χ1) is 12.1. The van der Waals surface area contributed by atoms with E-state index in [9.17, 15) is 9.59 Å². The summed E-state index contributed by atoms with van der Waals surface area (Å²) < 4.78 is 6.57. The summed E-state index contributed by atoms with van der Waals surface area (Å²) in [5.41, 5.74) is 1.35. The Kier molecular flexibility index (Phi) is 4.75. The van der Waals surface area contributed by atoms with Gasteiger partial charge in [-0.15, -0.1) is 16.4 Å². The van der Waals surface area contributed by atoms with Crippen LogP contribution >= 0.6 is 11.3 Å². The number of nitrogens with zero attached hydrogens (tertiary/aromatic N) is 3. The second-order valence-electron chi connectivity index (χ2n) is 5.05. The molecule has 1 aromatic carbocycles. The number of aromatic nitrogens is 3. The van der Waals surface area contributed by atoms with Crippen LogP contribution in [0.15, 0.2) is 42.0 Å². The lowest BCUT2D eigenvalue weighted by molar-refractivity contribution is 0.101. The molecular formula is C16H15N5O3S.